The predicted molar refractivity (Wildman–Crippen MR) is 68.6 cm³/mol. The van der Waals surface area contributed by atoms with Crippen LogP contribution in [0.3, 0.4) is 0 Å². The molecule has 0 aliphatic rings. The van der Waals surface area contributed by atoms with Crippen LogP contribution in [0.15, 0.2) is 18.2 Å². The Morgan fingerprint density at radius 1 is 1.50 bits per heavy atom. The SMILES string of the molecule is CC(CCS(C)(=O)=O)Nc1cccc(C(=O)O)n1. The average molecular weight is 272 g/mol. The van der Waals surface area contributed by atoms with E-state index in [-0.39, 0.29) is 17.5 Å². The lowest BCUT2D eigenvalue weighted by molar-refractivity contribution is 0.0690. The summed E-state index contributed by atoms with van der Waals surface area (Å²) in [6, 6.07) is 4.52. The van der Waals surface area contributed by atoms with Gasteiger partial charge in [-0.3, -0.25) is 0 Å². The largest absolute Gasteiger partial charge is 0.477 e. The zero-order valence-corrected chi connectivity index (χ0v) is 11.1. The number of sulfone groups is 1. The van der Waals surface area contributed by atoms with Crippen LogP contribution in [0.2, 0.25) is 0 Å². The molecule has 2 N–H and O–H groups in total. The van der Waals surface area contributed by atoms with Crippen LogP contribution in [-0.4, -0.2) is 42.5 Å². The Labute approximate surface area is 106 Å². The fourth-order valence-corrected chi connectivity index (χ4v) is 2.13. The summed E-state index contributed by atoms with van der Waals surface area (Å²) in [7, 11) is -2.99. The van der Waals surface area contributed by atoms with E-state index in [0.29, 0.717) is 12.2 Å². The van der Waals surface area contributed by atoms with Crippen molar-refractivity contribution in [1.29, 1.82) is 0 Å². The van der Waals surface area contributed by atoms with Gasteiger partial charge in [0.2, 0.25) is 0 Å². The first-order valence-electron chi connectivity index (χ1n) is 5.42. The van der Waals surface area contributed by atoms with Gasteiger partial charge in [0.1, 0.15) is 15.7 Å². The Morgan fingerprint density at radius 3 is 2.72 bits per heavy atom. The molecule has 0 bridgehead atoms. The summed E-state index contributed by atoms with van der Waals surface area (Å²) < 4.78 is 22.0. The number of nitrogens with one attached hydrogen (secondary N) is 1. The number of rotatable bonds is 6. The minimum Gasteiger partial charge on any atom is -0.477 e. The number of aromatic nitrogens is 1. The van der Waals surface area contributed by atoms with Crippen molar-refractivity contribution in [1.82, 2.24) is 4.98 Å². The molecule has 0 saturated carbocycles. The number of aromatic carboxylic acids is 1. The number of hydrogen-bond acceptors (Lipinski definition) is 5. The summed E-state index contributed by atoms with van der Waals surface area (Å²) in [6.07, 6.45) is 1.63. The Balaban J connectivity index is 2.62. The third kappa shape index (κ3) is 5.13. The molecule has 0 radical (unpaired) electrons. The third-order valence-corrected chi connectivity index (χ3v) is 3.26. The van der Waals surface area contributed by atoms with Gasteiger partial charge in [0.15, 0.2) is 5.69 Å². The molecule has 0 spiro atoms. The van der Waals surface area contributed by atoms with Crippen LogP contribution in [0, 0.1) is 0 Å². The van der Waals surface area contributed by atoms with Crippen LogP contribution < -0.4 is 5.32 Å². The highest BCUT2D eigenvalue weighted by Crippen LogP contribution is 2.08. The molecule has 0 aliphatic heterocycles. The summed E-state index contributed by atoms with van der Waals surface area (Å²) in [4.78, 5) is 14.6. The zero-order chi connectivity index (χ0) is 13.8. The molecule has 1 atom stereocenters. The predicted octanol–water partition coefficient (Wildman–Crippen LogP) is 1.01. The number of hydrogen-bond donors (Lipinski definition) is 2. The Bertz CT molecular complexity index is 528. The summed E-state index contributed by atoms with van der Waals surface area (Å²) in [6.45, 7) is 1.82. The molecule has 1 rings (SSSR count). The zero-order valence-electron chi connectivity index (χ0n) is 10.3. The molecule has 1 heterocycles. The third-order valence-electron chi connectivity index (χ3n) is 2.28. The van der Waals surface area contributed by atoms with E-state index in [1.54, 1.807) is 12.1 Å². The summed E-state index contributed by atoms with van der Waals surface area (Å²) in [5.74, 6) is -0.585. The number of carboxylic acids is 1. The molecule has 6 nitrogen and oxygen atoms in total. The second-order valence-corrected chi connectivity index (χ2v) is 6.44. The topological polar surface area (TPSA) is 96.4 Å². The lowest BCUT2D eigenvalue weighted by Gasteiger charge is -2.14. The minimum absolute atomic E-state index is 0.0460. The molecule has 0 fully saturated rings. The highest BCUT2D eigenvalue weighted by molar-refractivity contribution is 7.90. The smallest absolute Gasteiger partial charge is 0.354 e. The fourth-order valence-electron chi connectivity index (χ4n) is 1.35. The van der Waals surface area contributed by atoms with E-state index in [1.807, 2.05) is 6.92 Å². The minimum atomic E-state index is -2.99. The van der Waals surface area contributed by atoms with Gasteiger partial charge in [-0.05, 0) is 25.5 Å². The van der Waals surface area contributed by atoms with E-state index in [0.717, 1.165) is 0 Å². The first kappa shape index (κ1) is 14.4. The Kier molecular flexibility index (Phi) is 4.66. The van der Waals surface area contributed by atoms with Crippen LogP contribution in [0.25, 0.3) is 0 Å². The molecule has 0 saturated heterocycles. The van der Waals surface area contributed by atoms with Crippen LogP contribution in [0.4, 0.5) is 5.82 Å². The molecule has 1 aromatic rings. The van der Waals surface area contributed by atoms with E-state index < -0.39 is 15.8 Å². The molecular weight excluding hydrogens is 256 g/mol. The Morgan fingerprint density at radius 2 is 2.17 bits per heavy atom. The van der Waals surface area contributed by atoms with Gasteiger partial charge in [-0.2, -0.15) is 0 Å². The van der Waals surface area contributed by atoms with Crippen molar-refractivity contribution in [3.63, 3.8) is 0 Å². The summed E-state index contributed by atoms with van der Waals surface area (Å²) in [5, 5.41) is 11.8. The normalized spacial score (nSPS) is 13.0. The molecule has 100 valence electrons. The molecule has 0 aliphatic carbocycles. The van der Waals surface area contributed by atoms with Crippen molar-refractivity contribution in [2.75, 3.05) is 17.3 Å². The van der Waals surface area contributed by atoms with Crippen LogP contribution >= 0.6 is 0 Å². The van der Waals surface area contributed by atoms with Gasteiger partial charge in [0.25, 0.3) is 0 Å². The number of carbonyl (C=O) groups is 1. The van der Waals surface area contributed by atoms with Crippen molar-refractivity contribution < 1.29 is 18.3 Å². The van der Waals surface area contributed by atoms with Gasteiger partial charge in [0.05, 0.1) is 5.75 Å². The van der Waals surface area contributed by atoms with Crippen molar-refractivity contribution in [2.24, 2.45) is 0 Å². The van der Waals surface area contributed by atoms with E-state index in [9.17, 15) is 13.2 Å². The average Bonchev–Trinajstić information content (AvgIpc) is 2.26. The molecular formula is C11H16N2O4S. The lowest BCUT2D eigenvalue weighted by atomic mass is 10.2. The first-order chi connectivity index (χ1) is 8.28. The van der Waals surface area contributed by atoms with Gasteiger partial charge >= 0.3 is 5.97 Å². The summed E-state index contributed by atoms with van der Waals surface area (Å²) in [5.41, 5.74) is -0.0460. The van der Waals surface area contributed by atoms with Crippen molar-refractivity contribution >= 4 is 21.6 Å². The number of pyridine rings is 1. The molecule has 0 aromatic carbocycles. The van der Waals surface area contributed by atoms with E-state index in [2.05, 4.69) is 10.3 Å². The van der Waals surface area contributed by atoms with Crippen molar-refractivity contribution in [3.8, 4) is 0 Å². The molecule has 7 heteroatoms. The second-order valence-electron chi connectivity index (χ2n) is 4.18. The highest BCUT2D eigenvalue weighted by atomic mass is 32.2. The van der Waals surface area contributed by atoms with Crippen LogP contribution in [0.5, 0.6) is 0 Å². The van der Waals surface area contributed by atoms with Gasteiger partial charge in [0, 0.05) is 12.3 Å². The molecule has 1 unspecified atom stereocenters. The van der Waals surface area contributed by atoms with E-state index in [4.69, 9.17) is 5.11 Å². The number of nitrogens with zero attached hydrogens (tertiary/aromatic N) is 1. The van der Waals surface area contributed by atoms with Crippen LogP contribution in [-0.2, 0) is 9.84 Å². The lowest BCUT2D eigenvalue weighted by Crippen LogP contribution is -2.20. The molecule has 0 amide bonds. The Hall–Kier alpha value is -1.63. The standard InChI is InChI=1S/C11H16N2O4S/c1-8(6-7-18(2,16)17)12-10-5-3-4-9(13-10)11(14)15/h3-5,8H,6-7H2,1-2H3,(H,12,13)(H,14,15). The molecule has 1 aromatic heterocycles. The van der Waals surface area contributed by atoms with Crippen LogP contribution in [0.1, 0.15) is 23.8 Å². The number of carboxylic acid groups (broad SMARTS) is 1. The van der Waals surface area contributed by atoms with Gasteiger partial charge in [-0.1, -0.05) is 6.07 Å². The maximum absolute atomic E-state index is 11.0. The number of anilines is 1. The monoisotopic (exact) mass is 272 g/mol. The second kappa shape index (κ2) is 5.81. The maximum atomic E-state index is 11.0. The van der Waals surface area contributed by atoms with Crippen molar-refractivity contribution in [2.45, 2.75) is 19.4 Å². The first-order valence-corrected chi connectivity index (χ1v) is 7.48. The van der Waals surface area contributed by atoms with E-state index >= 15 is 0 Å². The molecule has 18 heavy (non-hydrogen) atoms. The fraction of sp³-hybridized carbons (Fsp3) is 0.455. The van der Waals surface area contributed by atoms with Crippen molar-refractivity contribution in [3.05, 3.63) is 23.9 Å². The highest BCUT2D eigenvalue weighted by Gasteiger charge is 2.10. The quantitative estimate of drug-likeness (QED) is 0.802. The van der Waals surface area contributed by atoms with E-state index in [1.165, 1.54) is 12.3 Å². The van der Waals surface area contributed by atoms with Gasteiger partial charge < -0.3 is 10.4 Å². The van der Waals surface area contributed by atoms with Gasteiger partial charge in [-0.25, -0.2) is 18.2 Å². The summed E-state index contributed by atoms with van der Waals surface area (Å²) >= 11 is 0. The maximum Gasteiger partial charge on any atom is 0.354 e. The van der Waals surface area contributed by atoms with Gasteiger partial charge in [-0.15, -0.1) is 0 Å².